The zero-order chi connectivity index (χ0) is 27.9. The van der Waals surface area contributed by atoms with Gasteiger partial charge in [0, 0.05) is 61.5 Å². The maximum absolute atomic E-state index is 14.5. The van der Waals surface area contributed by atoms with Gasteiger partial charge in [0.15, 0.2) is 11.6 Å². The molecule has 2 aliphatic rings. The van der Waals surface area contributed by atoms with Crippen LogP contribution < -0.4 is 9.64 Å². The molecular weight excluding hydrogens is 510 g/mol. The van der Waals surface area contributed by atoms with Gasteiger partial charge in [-0.05, 0) is 50.2 Å². The minimum Gasteiger partial charge on any atom is -0.493 e. The molecule has 2 fully saturated rings. The van der Waals surface area contributed by atoms with Crippen LogP contribution in [-0.2, 0) is 11.3 Å². The van der Waals surface area contributed by atoms with Crippen LogP contribution >= 0.6 is 0 Å². The van der Waals surface area contributed by atoms with Gasteiger partial charge in [-0.3, -0.25) is 14.5 Å². The summed E-state index contributed by atoms with van der Waals surface area (Å²) in [6.45, 7) is 6.11. The van der Waals surface area contributed by atoms with Crippen molar-refractivity contribution >= 4 is 17.7 Å². The lowest BCUT2D eigenvalue weighted by atomic mass is 9.91. The summed E-state index contributed by atoms with van der Waals surface area (Å²) in [5.41, 5.74) is 1.92. The summed E-state index contributed by atoms with van der Waals surface area (Å²) in [7, 11) is 1.31. The molecule has 2 saturated heterocycles. The molecule has 9 nitrogen and oxygen atoms in total. The molecule has 5 rings (SSSR count). The van der Waals surface area contributed by atoms with E-state index in [1.165, 1.54) is 25.3 Å². The summed E-state index contributed by atoms with van der Waals surface area (Å²) in [5, 5.41) is 13.9. The molecule has 3 heterocycles. The molecule has 0 aliphatic carbocycles. The number of halogens is 2. The first-order valence-electron chi connectivity index (χ1n) is 12.8. The van der Waals surface area contributed by atoms with Crippen LogP contribution in [0, 0.1) is 11.6 Å². The normalized spacial score (nSPS) is 17.2. The number of aromatic carboxylic acids is 1. The van der Waals surface area contributed by atoms with Crippen LogP contribution in [0.25, 0.3) is 11.1 Å². The number of ether oxygens (including phenoxy) is 2. The molecule has 2 aromatic carbocycles. The lowest BCUT2D eigenvalue weighted by Crippen LogP contribution is -2.46. The average Bonchev–Trinajstić information content (AvgIpc) is 3.48. The number of likely N-dealkylation sites (tertiary alicyclic amines) is 1. The Morgan fingerprint density at radius 1 is 1.13 bits per heavy atom. The van der Waals surface area contributed by atoms with Crippen molar-refractivity contribution in [2.45, 2.75) is 44.9 Å². The smallest absolute Gasteiger partial charge is 0.415 e. The van der Waals surface area contributed by atoms with Crippen molar-refractivity contribution < 1.29 is 33.0 Å². The predicted molar refractivity (Wildman–Crippen MR) is 139 cm³/mol. The van der Waals surface area contributed by atoms with E-state index >= 15 is 0 Å². The van der Waals surface area contributed by atoms with Crippen molar-refractivity contribution in [2.75, 3.05) is 31.6 Å². The van der Waals surface area contributed by atoms with Crippen LogP contribution in [0.2, 0.25) is 0 Å². The monoisotopic (exact) mass is 540 g/mol. The Kier molecular flexibility index (Phi) is 7.02. The minimum absolute atomic E-state index is 0.0619. The van der Waals surface area contributed by atoms with Gasteiger partial charge in [0.25, 0.3) is 0 Å². The van der Waals surface area contributed by atoms with Gasteiger partial charge in [-0.15, -0.1) is 0 Å². The van der Waals surface area contributed by atoms with Crippen LogP contribution in [0.3, 0.4) is 0 Å². The number of hydrogen-bond donors (Lipinski definition) is 1. The molecule has 0 bridgehead atoms. The number of hydrogen-bond acceptors (Lipinski definition) is 6. The lowest BCUT2D eigenvalue weighted by Gasteiger charge is -2.37. The average molecular weight is 541 g/mol. The number of amides is 1. The lowest BCUT2D eigenvalue weighted by molar-refractivity contribution is -0.00125. The number of anilines is 1. The second-order valence-electron chi connectivity index (χ2n) is 10.3. The quantitative estimate of drug-likeness (QED) is 0.445. The number of rotatable bonds is 7. The van der Waals surface area contributed by atoms with Crippen LogP contribution in [0.1, 0.15) is 48.8 Å². The van der Waals surface area contributed by atoms with Crippen molar-refractivity contribution in [3.05, 3.63) is 65.5 Å². The Labute approximate surface area is 224 Å². The van der Waals surface area contributed by atoms with E-state index in [1.54, 1.807) is 21.7 Å². The second kappa shape index (κ2) is 10.3. The summed E-state index contributed by atoms with van der Waals surface area (Å²) in [4.78, 5) is 27.6. The number of benzene rings is 2. The fraction of sp³-hybridized carbons (Fsp3) is 0.393. The molecule has 1 amide bonds. The van der Waals surface area contributed by atoms with Crippen molar-refractivity contribution in [3.8, 4) is 16.9 Å². The Hall–Kier alpha value is -3.99. The van der Waals surface area contributed by atoms with Crippen LogP contribution in [0.5, 0.6) is 5.75 Å². The highest BCUT2D eigenvalue weighted by Crippen LogP contribution is 2.39. The standard InChI is InChI=1S/C28H30F2N4O5/c1-17(2)34-14-21(20-8-9-22(29)24(30)25(20)38-3)23(31-34)15-32-12-10-28(11-13-32)16-33(27(37)39-28)19-6-4-18(5-7-19)26(35)36/h4-9,14,17H,10-13,15-16H2,1-3H3,(H,35,36). The van der Waals surface area contributed by atoms with E-state index in [-0.39, 0.29) is 17.4 Å². The summed E-state index contributed by atoms with van der Waals surface area (Å²) in [6, 6.07) is 8.80. The molecule has 2 aliphatic heterocycles. The van der Waals surface area contributed by atoms with Crippen molar-refractivity contribution in [3.63, 3.8) is 0 Å². The fourth-order valence-electron chi connectivity index (χ4n) is 5.18. The Balaban J connectivity index is 1.31. The first kappa shape index (κ1) is 26.6. The highest BCUT2D eigenvalue weighted by Gasteiger charge is 2.47. The molecule has 1 spiro atoms. The van der Waals surface area contributed by atoms with Gasteiger partial charge in [0.1, 0.15) is 5.60 Å². The Morgan fingerprint density at radius 2 is 1.82 bits per heavy atom. The Morgan fingerprint density at radius 3 is 2.44 bits per heavy atom. The van der Waals surface area contributed by atoms with E-state index in [2.05, 4.69) is 4.90 Å². The van der Waals surface area contributed by atoms with Gasteiger partial charge in [-0.25, -0.2) is 14.0 Å². The summed E-state index contributed by atoms with van der Waals surface area (Å²) >= 11 is 0. The molecule has 0 unspecified atom stereocenters. The molecule has 39 heavy (non-hydrogen) atoms. The molecule has 0 atom stereocenters. The molecule has 1 N–H and O–H groups in total. The van der Waals surface area contributed by atoms with Gasteiger partial charge in [0.05, 0.1) is 24.9 Å². The van der Waals surface area contributed by atoms with Gasteiger partial charge in [-0.1, -0.05) is 0 Å². The number of carbonyl (C=O) groups excluding carboxylic acids is 1. The van der Waals surface area contributed by atoms with Gasteiger partial charge >= 0.3 is 12.1 Å². The number of carbonyl (C=O) groups is 2. The predicted octanol–water partition coefficient (Wildman–Crippen LogP) is 5.11. The minimum atomic E-state index is -1.04. The van der Waals surface area contributed by atoms with Crippen LogP contribution in [-0.4, -0.2) is 64.2 Å². The van der Waals surface area contributed by atoms with Crippen LogP contribution in [0.4, 0.5) is 19.3 Å². The molecule has 11 heteroatoms. The SMILES string of the molecule is COc1c(-c2cn(C(C)C)nc2CN2CCC3(CC2)CN(c2ccc(C(=O)O)cc2)C(=O)O3)ccc(F)c1F. The van der Waals surface area contributed by atoms with E-state index in [0.717, 1.165) is 6.07 Å². The summed E-state index contributed by atoms with van der Waals surface area (Å²) < 4.78 is 41.2. The maximum atomic E-state index is 14.5. The van der Waals surface area contributed by atoms with Crippen molar-refractivity contribution in [2.24, 2.45) is 0 Å². The van der Waals surface area contributed by atoms with Gasteiger partial charge in [-0.2, -0.15) is 9.49 Å². The maximum Gasteiger partial charge on any atom is 0.415 e. The molecular formula is C28H30F2N4O5. The summed E-state index contributed by atoms with van der Waals surface area (Å²) in [6.07, 6.45) is 2.59. The zero-order valence-electron chi connectivity index (χ0n) is 22.0. The van der Waals surface area contributed by atoms with E-state index in [0.29, 0.717) is 61.5 Å². The second-order valence-corrected chi connectivity index (χ2v) is 10.3. The molecule has 1 aromatic heterocycles. The number of carboxylic acids is 1. The first-order chi connectivity index (χ1) is 18.6. The number of piperidine rings is 1. The van der Waals surface area contributed by atoms with E-state index in [4.69, 9.17) is 19.7 Å². The van der Waals surface area contributed by atoms with E-state index in [9.17, 15) is 18.4 Å². The van der Waals surface area contributed by atoms with Gasteiger partial charge < -0.3 is 14.6 Å². The third-order valence-electron chi connectivity index (χ3n) is 7.42. The van der Waals surface area contributed by atoms with Crippen molar-refractivity contribution in [1.82, 2.24) is 14.7 Å². The Bertz CT molecular complexity index is 1400. The largest absolute Gasteiger partial charge is 0.493 e. The van der Waals surface area contributed by atoms with E-state index in [1.807, 2.05) is 20.0 Å². The highest BCUT2D eigenvalue weighted by atomic mass is 19.2. The highest BCUT2D eigenvalue weighted by molar-refractivity contribution is 5.92. The molecule has 0 radical (unpaired) electrons. The first-order valence-corrected chi connectivity index (χ1v) is 12.8. The molecule has 3 aromatic rings. The zero-order valence-corrected chi connectivity index (χ0v) is 22.0. The number of methoxy groups -OCH3 is 1. The summed E-state index contributed by atoms with van der Waals surface area (Å²) in [5.74, 6) is -3.21. The number of carboxylic acid groups (broad SMARTS) is 1. The molecule has 0 saturated carbocycles. The third-order valence-corrected chi connectivity index (χ3v) is 7.42. The van der Waals surface area contributed by atoms with Gasteiger partial charge in [0.2, 0.25) is 5.82 Å². The number of aromatic nitrogens is 2. The topological polar surface area (TPSA) is 97.1 Å². The van der Waals surface area contributed by atoms with Crippen molar-refractivity contribution in [1.29, 1.82) is 0 Å². The molecule has 206 valence electrons. The fourth-order valence-corrected chi connectivity index (χ4v) is 5.18. The van der Waals surface area contributed by atoms with Crippen LogP contribution in [0.15, 0.2) is 42.6 Å². The van der Waals surface area contributed by atoms with E-state index < -0.39 is 29.3 Å². The third kappa shape index (κ3) is 5.06. The number of nitrogens with zero attached hydrogens (tertiary/aromatic N) is 4.